The molecule has 0 heterocycles. The molecule has 2 nitrogen and oxygen atoms in total. The lowest BCUT2D eigenvalue weighted by Gasteiger charge is -2.13. The van der Waals surface area contributed by atoms with Crippen LogP contribution in [0.1, 0.15) is 24.8 Å². The summed E-state index contributed by atoms with van der Waals surface area (Å²) in [6.07, 6.45) is 2.72. The molecular weight excluding hydrogens is 303 g/mol. The molecule has 0 amide bonds. The van der Waals surface area contributed by atoms with Crippen molar-refractivity contribution in [2.24, 2.45) is 0 Å². The third kappa shape index (κ3) is 2.33. The highest BCUT2D eigenvalue weighted by Gasteiger charge is 2.46. The Morgan fingerprint density at radius 3 is 2.47 bits per heavy atom. The number of rotatable bonds is 3. The zero-order chi connectivity index (χ0) is 10.9. The van der Waals surface area contributed by atoms with Crippen LogP contribution in [-0.2, 0) is 14.9 Å². The van der Waals surface area contributed by atoms with Crippen LogP contribution in [0, 0.1) is 3.57 Å². The van der Waals surface area contributed by atoms with E-state index in [2.05, 4.69) is 46.9 Å². The molecule has 0 saturated heterocycles. The summed E-state index contributed by atoms with van der Waals surface area (Å²) in [7, 11) is 1.45. The van der Waals surface area contributed by atoms with Crippen LogP contribution >= 0.6 is 22.6 Å². The number of hydrogen-bond donors (Lipinski definition) is 0. The van der Waals surface area contributed by atoms with Crippen molar-refractivity contribution in [2.75, 3.05) is 7.11 Å². The average molecular weight is 316 g/mol. The molecule has 0 N–H and O–H groups in total. The fourth-order valence-corrected chi connectivity index (χ4v) is 2.23. The first-order chi connectivity index (χ1) is 7.16. The maximum atomic E-state index is 11.3. The molecule has 0 unspecified atom stereocenters. The van der Waals surface area contributed by atoms with Gasteiger partial charge in [0.1, 0.15) is 0 Å². The summed E-state index contributed by atoms with van der Waals surface area (Å²) < 4.78 is 5.96. The Labute approximate surface area is 103 Å². The molecule has 1 fully saturated rings. The smallest absolute Gasteiger partial charge is 0.306 e. The Kier molecular flexibility index (Phi) is 3.00. The van der Waals surface area contributed by atoms with Gasteiger partial charge in [-0.3, -0.25) is 4.79 Å². The minimum atomic E-state index is -0.106. The normalized spacial score (nSPS) is 17.2. The van der Waals surface area contributed by atoms with Gasteiger partial charge in [-0.1, -0.05) is 12.1 Å². The van der Waals surface area contributed by atoms with E-state index in [1.165, 1.54) is 16.2 Å². The summed E-state index contributed by atoms with van der Waals surface area (Å²) in [6.45, 7) is 0. The minimum Gasteiger partial charge on any atom is -0.469 e. The number of carbonyl (C=O) groups excluding carboxylic acids is 1. The van der Waals surface area contributed by atoms with E-state index < -0.39 is 0 Å². The molecule has 0 aliphatic heterocycles. The monoisotopic (exact) mass is 316 g/mol. The molecule has 1 aromatic carbocycles. The lowest BCUT2D eigenvalue weighted by atomic mass is 9.93. The van der Waals surface area contributed by atoms with Gasteiger partial charge in [0, 0.05) is 8.99 Å². The second-order valence-corrected chi connectivity index (χ2v) is 5.29. The molecule has 3 heteroatoms. The molecule has 15 heavy (non-hydrogen) atoms. The molecule has 0 spiro atoms. The minimum absolute atomic E-state index is 0.0808. The second-order valence-electron chi connectivity index (χ2n) is 4.04. The number of methoxy groups -OCH3 is 1. The van der Waals surface area contributed by atoms with Crippen LogP contribution in [0.25, 0.3) is 0 Å². The van der Waals surface area contributed by atoms with Crippen molar-refractivity contribution in [2.45, 2.75) is 24.7 Å². The Morgan fingerprint density at radius 2 is 2.00 bits per heavy atom. The highest BCUT2D eigenvalue weighted by atomic mass is 127. The van der Waals surface area contributed by atoms with Gasteiger partial charge < -0.3 is 4.74 Å². The van der Waals surface area contributed by atoms with E-state index in [1.54, 1.807) is 0 Å². The topological polar surface area (TPSA) is 26.3 Å². The van der Waals surface area contributed by atoms with Crippen molar-refractivity contribution in [1.29, 1.82) is 0 Å². The highest BCUT2D eigenvalue weighted by Crippen LogP contribution is 2.51. The summed E-state index contributed by atoms with van der Waals surface area (Å²) in [5, 5.41) is 0. The largest absolute Gasteiger partial charge is 0.469 e. The summed E-state index contributed by atoms with van der Waals surface area (Å²) in [4.78, 5) is 11.3. The fraction of sp³-hybridized carbons (Fsp3) is 0.417. The standard InChI is InChI=1S/C12H13IO2/c1-15-11(14)8-12(6-7-12)9-2-4-10(13)5-3-9/h2-5H,6-8H2,1H3. The van der Waals surface area contributed by atoms with Crippen molar-refractivity contribution in [1.82, 2.24) is 0 Å². The number of hydrogen-bond acceptors (Lipinski definition) is 2. The van der Waals surface area contributed by atoms with E-state index in [9.17, 15) is 4.79 Å². The van der Waals surface area contributed by atoms with Crippen molar-refractivity contribution in [3.05, 3.63) is 33.4 Å². The maximum absolute atomic E-state index is 11.3. The van der Waals surface area contributed by atoms with E-state index in [1.807, 2.05) is 0 Å². The van der Waals surface area contributed by atoms with Gasteiger partial charge in [0.25, 0.3) is 0 Å². The molecule has 0 radical (unpaired) electrons. The molecule has 0 aromatic heterocycles. The Bertz CT molecular complexity index is 366. The zero-order valence-electron chi connectivity index (χ0n) is 8.63. The fourth-order valence-electron chi connectivity index (χ4n) is 1.87. The lowest BCUT2D eigenvalue weighted by Crippen LogP contribution is -2.14. The van der Waals surface area contributed by atoms with Gasteiger partial charge >= 0.3 is 5.97 Å². The van der Waals surface area contributed by atoms with Crippen molar-refractivity contribution >= 4 is 28.6 Å². The summed E-state index contributed by atoms with van der Waals surface area (Å²) in [6, 6.07) is 8.43. The molecule has 1 aliphatic rings. The first kappa shape index (κ1) is 10.9. The predicted molar refractivity (Wildman–Crippen MR) is 66.7 cm³/mol. The molecule has 0 atom stereocenters. The van der Waals surface area contributed by atoms with E-state index in [4.69, 9.17) is 4.74 Å². The number of ether oxygens (including phenoxy) is 1. The molecule has 1 saturated carbocycles. The van der Waals surface area contributed by atoms with Crippen LogP contribution in [0.3, 0.4) is 0 Å². The van der Waals surface area contributed by atoms with Gasteiger partial charge in [-0.05, 0) is 53.1 Å². The number of esters is 1. The van der Waals surface area contributed by atoms with Gasteiger partial charge in [-0.15, -0.1) is 0 Å². The van der Waals surface area contributed by atoms with Gasteiger partial charge in [0.05, 0.1) is 13.5 Å². The van der Waals surface area contributed by atoms with E-state index in [-0.39, 0.29) is 11.4 Å². The number of carbonyl (C=O) groups is 1. The second kappa shape index (κ2) is 4.12. The van der Waals surface area contributed by atoms with Crippen LogP contribution in [0.4, 0.5) is 0 Å². The van der Waals surface area contributed by atoms with Gasteiger partial charge in [0.2, 0.25) is 0 Å². The van der Waals surface area contributed by atoms with E-state index in [0.717, 1.165) is 12.8 Å². The van der Waals surface area contributed by atoms with Gasteiger partial charge in [-0.25, -0.2) is 0 Å². The molecule has 0 bridgehead atoms. The van der Waals surface area contributed by atoms with Crippen LogP contribution < -0.4 is 0 Å². The first-order valence-corrected chi connectivity index (χ1v) is 6.07. The lowest BCUT2D eigenvalue weighted by molar-refractivity contribution is -0.141. The summed E-state index contributed by atoms with van der Waals surface area (Å²) in [5.41, 5.74) is 1.35. The zero-order valence-corrected chi connectivity index (χ0v) is 10.8. The van der Waals surface area contributed by atoms with Gasteiger partial charge in [-0.2, -0.15) is 0 Å². The molecular formula is C12H13IO2. The molecule has 2 rings (SSSR count). The first-order valence-electron chi connectivity index (χ1n) is 4.99. The molecule has 80 valence electrons. The highest BCUT2D eigenvalue weighted by molar-refractivity contribution is 14.1. The predicted octanol–water partition coefficient (Wildman–Crippen LogP) is 2.89. The van der Waals surface area contributed by atoms with E-state index in [0.29, 0.717) is 6.42 Å². The van der Waals surface area contributed by atoms with Crippen LogP contribution in [-0.4, -0.2) is 13.1 Å². The maximum Gasteiger partial charge on any atom is 0.306 e. The van der Waals surface area contributed by atoms with Crippen molar-refractivity contribution in [3.8, 4) is 0 Å². The van der Waals surface area contributed by atoms with Crippen molar-refractivity contribution < 1.29 is 9.53 Å². The number of benzene rings is 1. The van der Waals surface area contributed by atoms with Crippen molar-refractivity contribution in [3.63, 3.8) is 0 Å². The third-order valence-electron chi connectivity index (χ3n) is 3.02. The van der Waals surface area contributed by atoms with Crippen LogP contribution in [0.2, 0.25) is 0 Å². The molecule has 1 aliphatic carbocycles. The Morgan fingerprint density at radius 1 is 1.40 bits per heavy atom. The van der Waals surface area contributed by atoms with E-state index >= 15 is 0 Å². The van der Waals surface area contributed by atoms with Crippen LogP contribution in [0.5, 0.6) is 0 Å². The SMILES string of the molecule is COC(=O)CC1(c2ccc(I)cc2)CC1. The Balaban J connectivity index is 2.16. The molecule has 1 aromatic rings. The summed E-state index contributed by atoms with van der Waals surface area (Å²) >= 11 is 2.29. The summed E-state index contributed by atoms with van der Waals surface area (Å²) in [5.74, 6) is -0.106. The average Bonchev–Trinajstić information content (AvgIpc) is 3.00. The third-order valence-corrected chi connectivity index (χ3v) is 3.74. The quantitative estimate of drug-likeness (QED) is 0.633. The van der Waals surface area contributed by atoms with Crippen LogP contribution in [0.15, 0.2) is 24.3 Å². The Hall–Kier alpha value is -0.580. The van der Waals surface area contributed by atoms with Gasteiger partial charge in [0.15, 0.2) is 0 Å². The number of halogens is 1.